The van der Waals surface area contributed by atoms with Crippen molar-refractivity contribution in [2.24, 2.45) is 5.73 Å². The predicted molar refractivity (Wildman–Crippen MR) is 84.0 cm³/mol. The minimum atomic E-state index is -0.654. The monoisotopic (exact) mass is 319 g/mol. The zero-order valence-corrected chi connectivity index (χ0v) is 12.9. The average molecular weight is 319 g/mol. The Kier molecular flexibility index (Phi) is 4.58. The Bertz CT molecular complexity index is 617. The summed E-state index contributed by atoms with van der Waals surface area (Å²) in [5.74, 6) is -0.654. The first kappa shape index (κ1) is 15.9. The van der Waals surface area contributed by atoms with Crippen molar-refractivity contribution < 1.29 is 14.5 Å². The van der Waals surface area contributed by atoms with Crippen LogP contribution in [0, 0.1) is 10.1 Å². The molecule has 124 valence electrons. The van der Waals surface area contributed by atoms with E-state index in [0.29, 0.717) is 24.8 Å². The second-order valence-electron chi connectivity index (χ2n) is 6.20. The lowest BCUT2D eigenvalue weighted by Crippen LogP contribution is -2.52. The van der Waals surface area contributed by atoms with E-state index < -0.39 is 10.8 Å². The van der Waals surface area contributed by atoms with Crippen molar-refractivity contribution in [1.82, 2.24) is 4.90 Å². The van der Waals surface area contributed by atoms with E-state index in [0.717, 1.165) is 19.4 Å². The van der Waals surface area contributed by atoms with Gasteiger partial charge < -0.3 is 10.5 Å². The second kappa shape index (κ2) is 6.64. The molecule has 0 spiro atoms. The number of nitrogens with zero attached hydrogens (tertiary/aromatic N) is 2. The van der Waals surface area contributed by atoms with Crippen molar-refractivity contribution in [3.8, 4) is 0 Å². The number of ether oxygens (including phenoxy) is 1. The van der Waals surface area contributed by atoms with E-state index in [1.165, 1.54) is 18.9 Å². The molecule has 1 saturated carbocycles. The van der Waals surface area contributed by atoms with Gasteiger partial charge in [-0.3, -0.25) is 19.8 Å². The number of nitrogens with two attached hydrogens (primary N) is 1. The quantitative estimate of drug-likeness (QED) is 0.674. The number of rotatable bonds is 4. The van der Waals surface area contributed by atoms with Crippen molar-refractivity contribution in [2.45, 2.75) is 44.4 Å². The van der Waals surface area contributed by atoms with Crippen LogP contribution in [0.4, 0.5) is 5.69 Å². The number of carbonyl (C=O) groups excluding carboxylic acids is 1. The Morgan fingerprint density at radius 1 is 1.39 bits per heavy atom. The van der Waals surface area contributed by atoms with Gasteiger partial charge in [-0.05, 0) is 18.9 Å². The maximum Gasteiger partial charge on any atom is 0.274 e. The number of carbonyl (C=O) groups is 1. The molecule has 2 atom stereocenters. The third-order valence-corrected chi connectivity index (χ3v) is 4.79. The van der Waals surface area contributed by atoms with Crippen LogP contribution >= 0.6 is 0 Å². The van der Waals surface area contributed by atoms with Gasteiger partial charge in [-0.1, -0.05) is 18.9 Å². The maximum absolute atomic E-state index is 11.3. The van der Waals surface area contributed by atoms with Crippen LogP contribution in [0.15, 0.2) is 18.2 Å². The lowest BCUT2D eigenvalue weighted by atomic mass is 9.90. The van der Waals surface area contributed by atoms with Gasteiger partial charge in [0.05, 0.1) is 17.6 Å². The summed E-state index contributed by atoms with van der Waals surface area (Å²) in [5.41, 5.74) is 5.96. The fraction of sp³-hybridized carbons (Fsp3) is 0.562. The van der Waals surface area contributed by atoms with Gasteiger partial charge in [0.1, 0.15) is 0 Å². The molecule has 2 unspecified atom stereocenters. The van der Waals surface area contributed by atoms with E-state index in [1.54, 1.807) is 12.1 Å². The molecule has 0 bridgehead atoms. The largest absolute Gasteiger partial charge is 0.375 e. The summed E-state index contributed by atoms with van der Waals surface area (Å²) in [4.78, 5) is 24.4. The topological polar surface area (TPSA) is 98.7 Å². The number of primary amides is 1. The summed E-state index contributed by atoms with van der Waals surface area (Å²) >= 11 is 0. The number of hydrogen-bond donors (Lipinski definition) is 1. The van der Waals surface area contributed by atoms with Gasteiger partial charge in [0, 0.05) is 36.3 Å². The molecule has 2 fully saturated rings. The minimum Gasteiger partial charge on any atom is -0.375 e. The molecule has 0 aromatic heterocycles. The summed E-state index contributed by atoms with van der Waals surface area (Å²) in [5, 5.41) is 11.3. The number of fused-ring (bicyclic) bond motifs is 1. The van der Waals surface area contributed by atoms with Gasteiger partial charge in [0.2, 0.25) is 5.91 Å². The Morgan fingerprint density at radius 2 is 2.17 bits per heavy atom. The molecular formula is C16H21N3O4. The first-order valence-electron chi connectivity index (χ1n) is 7.99. The number of nitro groups is 1. The molecular weight excluding hydrogens is 298 g/mol. The maximum atomic E-state index is 11.3. The first-order valence-corrected chi connectivity index (χ1v) is 7.99. The zero-order valence-electron chi connectivity index (χ0n) is 12.9. The molecule has 2 N–H and O–H groups in total. The molecule has 3 rings (SSSR count). The van der Waals surface area contributed by atoms with E-state index in [9.17, 15) is 14.9 Å². The van der Waals surface area contributed by atoms with Crippen LogP contribution in [0.2, 0.25) is 0 Å². The first-order chi connectivity index (χ1) is 11.1. The molecule has 7 nitrogen and oxygen atoms in total. The SMILES string of the molecule is NC(=O)c1ccc(CN2CCOC3CCCCC32)c([N+](=O)[O-])c1. The molecule has 23 heavy (non-hydrogen) atoms. The standard InChI is InChI=1S/C16H21N3O4/c17-16(20)11-5-6-12(14(9-11)19(21)22)10-18-7-8-23-15-4-2-1-3-13(15)18/h5-6,9,13,15H,1-4,7-8,10H2,(H2,17,20). The Balaban J connectivity index is 1.83. The second-order valence-corrected chi connectivity index (χ2v) is 6.20. The fourth-order valence-corrected chi connectivity index (χ4v) is 3.61. The van der Waals surface area contributed by atoms with Gasteiger partial charge in [0.25, 0.3) is 5.69 Å². The molecule has 1 aliphatic heterocycles. The van der Waals surface area contributed by atoms with E-state index in [4.69, 9.17) is 10.5 Å². The lowest BCUT2D eigenvalue weighted by molar-refractivity contribution is -0.385. The Morgan fingerprint density at radius 3 is 2.91 bits per heavy atom. The number of nitro benzene ring substituents is 1. The number of amides is 1. The summed E-state index contributed by atoms with van der Waals surface area (Å²) in [6, 6.07) is 4.80. The van der Waals surface area contributed by atoms with Gasteiger partial charge in [-0.2, -0.15) is 0 Å². The van der Waals surface area contributed by atoms with Crippen LogP contribution in [0.5, 0.6) is 0 Å². The van der Waals surface area contributed by atoms with Crippen LogP contribution < -0.4 is 5.73 Å². The fourth-order valence-electron chi connectivity index (χ4n) is 3.61. The molecule has 0 radical (unpaired) electrons. The van der Waals surface area contributed by atoms with Crippen LogP contribution in [0.3, 0.4) is 0 Å². The average Bonchev–Trinajstić information content (AvgIpc) is 2.55. The highest BCUT2D eigenvalue weighted by molar-refractivity contribution is 5.93. The number of benzene rings is 1. The van der Waals surface area contributed by atoms with Crippen molar-refractivity contribution >= 4 is 11.6 Å². The van der Waals surface area contributed by atoms with Crippen LogP contribution in [0.25, 0.3) is 0 Å². The van der Waals surface area contributed by atoms with Gasteiger partial charge >= 0.3 is 0 Å². The van der Waals surface area contributed by atoms with Crippen LogP contribution in [0.1, 0.15) is 41.6 Å². The number of hydrogen-bond acceptors (Lipinski definition) is 5. The van der Waals surface area contributed by atoms with E-state index >= 15 is 0 Å². The van der Waals surface area contributed by atoms with Crippen molar-refractivity contribution in [3.05, 3.63) is 39.4 Å². The summed E-state index contributed by atoms with van der Waals surface area (Å²) < 4.78 is 5.84. The summed E-state index contributed by atoms with van der Waals surface area (Å²) in [6.45, 7) is 1.93. The highest BCUT2D eigenvalue weighted by atomic mass is 16.6. The van der Waals surface area contributed by atoms with Gasteiger partial charge in [-0.25, -0.2) is 0 Å². The Labute approximate surface area is 134 Å². The molecule has 1 aliphatic carbocycles. The van der Waals surface area contributed by atoms with E-state index in [1.807, 2.05) is 0 Å². The van der Waals surface area contributed by atoms with Crippen molar-refractivity contribution in [3.63, 3.8) is 0 Å². The molecule has 1 aromatic rings. The molecule has 2 aliphatic rings. The molecule has 7 heteroatoms. The van der Waals surface area contributed by atoms with Crippen LogP contribution in [-0.4, -0.2) is 41.0 Å². The molecule has 1 amide bonds. The normalized spacial score (nSPS) is 24.9. The lowest BCUT2D eigenvalue weighted by Gasteiger charge is -2.43. The van der Waals surface area contributed by atoms with Crippen LogP contribution in [-0.2, 0) is 11.3 Å². The van der Waals surface area contributed by atoms with Crippen molar-refractivity contribution in [2.75, 3.05) is 13.2 Å². The van der Waals surface area contributed by atoms with Gasteiger partial charge in [-0.15, -0.1) is 0 Å². The van der Waals surface area contributed by atoms with E-state index in [-0.39, 0.29) is 17.4 Å². The summed E-state index contributed by atoms with van der Waals surface area (Å²) in [6.07, 6.45) is 4.72. The van der Waals surface area contributed by atoms with E-state index in [2.05, 4.69) is 4.90 Å². The summed E-state index contributed by atoms with van der Waals surface area (Å²) in [7, 11) is 0. The minimum absolute atomic E-state index is 0.0415. The highest BCUT2D eigenvalue weighted by Crippen LogP contribution is 2.31. The highest BCUT2D eigenvalue weighted by Gasteiger charge is 2.34. The molecule has 1 saturated heterocycles. The predicted octanol–water partition coefficient (Wildman–Crippen LogP) is 1.84. The number of morpholine rings is 1. The third kappa shape index (κ3) is 3.35. The van der Waals surface area contributed by atoms with Crippen molar-refractivity contribution in [1.29, 1.82) is 0 Å². The smallest absolute Gasteiger partial charge is 0.274 e. The zero-order chi connectivity index (χ0) is 16.4. The Hall–Kier alpha value is -1.99. The molecule has 1 aromatic carbocycles. The molecule has 1 heterocycles. The van der Waals surface area contributed by atoms with Gasteiger partial charge in [0.15, 0.2) is 0 Å². The third-order valence-electron chi connectivity index (χ3n) is 4.79.